The van der Waals surface area contributed by atoms with Crippen molar-refractivity contribution in [2.75, 3.05) is 32.5 Å². The second-order valence-corrected chi connectivity index (χ2v) is 21.8. The number of fused-ring (bicyclic) bond motifs is 4. The molecule has 8 rings (SSSR count). The molecular weight excluding hydrogens is 685 g/mol. The third-order valence-electron chi connectivity index (χ3n) is 17.3. The minimum atomic E-state index is -3.79. The van der Waals surface area contributed by atoms with Gasteiger partial charge in [-0.25, -0.2) is 8.42 Å². The number of aliphatic carboxylic acids is 1. The van der Waals surface area contributed by atoms with E-state index in [0.717, 1.165) is 49.1 Å². The largest absolute Gasteiger partial charge is 0.480 e. The Balaban J connectivity index is 0.993. The predicted molar refractivity (Wildman–Crippen MR) is 193 cm³/mol. The number of sulfonamides is 1. The topological polar surface area (TPSA) is 143 Å². The van der Waals surface area contributed by atoms with Crippen LogP contribution in [0.15, 0.2) is 0 Å². The molecule has 0 aromatic rings. The molecule has 0 radical (unpaired) electrons. The van der Waals surface area contributed by atoms with Crippen LogP contribution in [-0.2, 0) is 33.8 Å². The Morgan fingerprint density at radius 3 is 2.38 bits per heavy atom. The third kappa shape index (κ3) is 5.36. The summed E-state index contributed by atoms with van der Waals surface area (Å²) in [7, 11) is -3.79. The average Bonchev–Trinajstić information content (AvgIpc) is 3.99. The number of hydrogen-bond donors (Lipinski definition) is 2. The molecule has 0 aromatic carbocycles. The molecule has 14 atom stereocenters. The predicted octanol–water partition coefficient (Wildman–Crippen LogP) is 4.90. The number of carboxylic acids is 1. The van der Waals surface area contributed by atoms with Crippen LogP contribution in [0.25, 0.3) is 0 Å². The van der Waals surface area contributed by atoms with E-state index >= 15 is 0 Å². The molecule has 1 amide bonds. The molecule has 2 N–H and O–H groups in total. The number of hydrogen-bond acceptors (Lipinski definition) is 8. The molecule has 2 heterocycles. The first-order valence-corrected chi connectivity index (χ1v) is 22.2. The van der Waals surface area contributed by atoms with E-state index in [2.05, 4.69) is 34.6 Å². The Kier molecular flexibility index (Phi) is 8.93. The quantitative estimate of drug-likeness (QED) is 0.337. The molecule has 0 unspecified atom stereocenters. The van der Waals surface area contributed by atoms with Gasteiger partial charge in [-0.15, -0.1) is 0 Å². The summed E-state index contributed by atoms with van der Waals surface area (Å²) in [5, 5.41) is 22.2. The number of aliphatic hydroxyl groups excluding tert-OH is 1. The van der Waals surface area contributed by atoms with Gasteiger partial charge in [-0.1, -0.05) is 34.6 Å². The third-order valence-corrected chi connectivity index (χ3v) is 18.6. The van der Waals surface area contributed by atoms with Crippen molar-refractivity contribution in [2.24, 2.45) is 56.7 Å². The summed E-state index contributed by atoms with van der Waals surface area (Å²) in [6.07, 6.45) is 10.4. The number of nitrogens with zero attached hydrogens (tertiary/aromatic N) is 2. The Bertz CT molecular complexity index is 1570. The minimum absolute atomic E-state index is 0.0306. The van der Waals surface area contributed by atoms with E-state index in [9.17, 15) is 28.2 Å². The minimum Gasteiger partial charge on any atom is -0.480 e. The lowest BCUT2D eigenvalue weighted by molar-refractivity contribution is -0.248. The summed E-state index contributed by atoms with van der Waals surface area (Å²) in [6.45, 7) is 14.9. The molecule has 6 aliphatic carbocycles. The van der Waals surface area contributed by atoms with Gasteiger partial charge >= 0.3 is 5.97 Å². The molecule has 0 aromatic heterocycles. The second kappa shape index (κ2) is 12.3. The van der Waals surface area contributed by atoms with Crippen molar-refractivity contribution in [3.05, 3.63) is 0 Å². The molecule has 8 aliphatic rings. The molecule has 11 nitrogen and oxygen atoms in total. The fraction of sp³-hybridized carbons (Fsp3) is 0.950. The fourth-order valence-electron chi connectivity index (χ4n) is 14.5. The van der Waals surface area contributed by atoms with Crippen LogP contribution in [0.5, 0.6) is 0 Å². The number of carbonyl (C=O) groups excluding carboxylic acids is 1. The zero-order chi connectivity index (χ0) is 37.4. The molecule has 294 valence electrons. The highest BCUT2D eigenvalue weighted by molar-refractivity contribution is 7.88. The molecule has 52 heavy (non-hydrogen) atoms. The van der Waals surface area contributed by atoms with Crippen molar-refractivity contribution >= 4 is 21.9 Å². The maximum Gasteiger partial charge on any atom is 0.321 e. The standard InChI is InChI=1S/C40H64N2O9S/c1-23-18-26(20-42(52(7,47)48)24(2)35(45)46)50-33-32(23)37(5)14-15-40-22-39(40)13-12-29(36(3,4)27(39)10-11-28(40)38(37,6)34(33)44)51-31-21-41(16-17-49-31)30(43)19-25-8-9-25/h23-29,31-34,44H,8-22H2,1-7H3,(H,45,46)/t23-,24+,26-,27+,28+,29+,31+,32+,33+,34+,37-,38-,39-,40+/m1/s1. The Morgan fingerprint density at radius 2 is 1.71 bits per heavy atom. The number of amides is 1. The van der Waals surface area contributed by atoms with Crippen molar-refractivity contribution in [3.8, 4) is 0 Å². The lowest BCUT2D eigenvalue weighted by atomic mass is 9.41. The van der Waals surface area contributed by atoms with E-state index in [0.29, 0.717) is 50.3 Å². The second-order valence-electron chi connectivity index (χ2n) is 19.9. The van der Waals surface area contributed by atoms with Gasteiger partial charge in [-0.05, 0) is 122 Å². The number of aliphatic hydroxyl groups is 1. The van der Waals surface area contributed by atoms with E-state index in [1.807, 2.05) is 4.90 Å². The van der Waals surface area contributed by atoms with Crippen LogP contribution in [0.3, 0.4) is 0 Å². The lowest BCUT2D eigenvalue weighted by Crippen LogP contribution is -2.60. The van der Waals surface area contributed by atoms with Gasteiger partial charge in [-0.2, -0.15) is 4.31 Å². The Morgan fingerprint density at radius 1 is 1.02 bits per heavy atom. The van der Waals surface area contributed by atoms with E-state index < -0.39 is 40.3 Å². The highest BCUT2D eigenvalue weighted by atomic mass is 32.2. The van der Waals surface area contributed by atoms with Crippen molar-refractivity contribution in [1.82, 2.24) is 9.21 Å². The molecule has 2 spiro atoms. The van der Waals surface area contributed by atoms with Crippen LogP contribution in [0.2, 0.25) is 0 Å². The zero-order valence-corrected chi connectivity index (χ0v) is 33.3. The van der Waals surface area contributed by atoms with Gasteiger partial charge in [0.1, 0.15) is 6.04 Å². The summed E-state index contributed by atoms with van der Waals surface area (Å²) in [6, 6.07) is -1.20. The molecule has 2 saturated heterocycles. The molecular formula is C40H64N2O9S. The highest BCUT2D eigenvalue weighted by Crippen LogP contribution is 2.89. The summed E-state index contributed by atoms with van der Waals surface area (Å²) in [5.74, 6) is 0.835. The zero-order valence-electron chi connectivity index (χ0n) is 32.5. The maximum absolute atomic E-state index is 12.9. The van der Waals surface area contributed by atoms with Crippen LogP contribution in [0.1, 0.15) is 112 Å². The van der Waals surface area contributed by atoms with Crippen LogP contribution in [-0.4, -0.2) is 109 Å². The van der Waals surface area contributed by atoms with E-state index in [1.165, 1.54) is 26.2 Å². The van der Waals surface area contributed by atoms with Crippen molar-refractivity contribution < 1.29 is 42.4 Å². The molecule has 2 aliphatic heterocycles. The summed E-state index contributed by atoms with van der Waals surface area (Å²) >= 11 is 0. The van der Waals surface area contributed by atoms with Gasteiger partial charge in [0.25, 0.3) is 0 Å². The summed E-state index contributed by atoms with van der Waals surface area (Å²) in [4.78, 5) is 26.7. The first-order valence-electron chi connectivity index (χ1n) is 20.4. The van der Waals surface area contributed by atoms with Gasteiger partial charge < -0.3 is 29.3 Å². The van der Waals surface area contributed by atoms with E-state index in [1.54, 1.807) is 0 Å². The Labute approximate surface area is 310 Å². The number of rotatable bonds is 9. The fourth-order valence-corrected chi connectivity index (χ4v) is 15.6. The monoisotopic (exact) mass is 748 g/mol. The molecule has 12 heteroatoms. The number of carbonyl (C=O) groups is 2. The lowest BCUT2D eigenvalue weighted by Gasteiger charge is -2.64. The normalized spacial score (nSPS) is 48.5. The first-order chi connectivity index (χ1) is 24.3. The van der Waals surface area contributed by atoms with E-state index in [-0.39, 0.29) is 63.8 Å². The van der Waals surface area contributed by atoms with Crippen molar-refractivity contribution in [1.29, 1.82) is 0 Å². The summed E-state index contributed by atoms with van der Waals surface area (Å²) in [5.41, 5.74) is -0.123. The average molecular weight is 749 g/mol. The van der Waals surface area contributed by atoms with Gasteiger partial charge in [0.15, 0.2) is 6.29 Å². The number of morpholine rings is 1. The van der Waals surface area contributed by atoms with Crippen LogP contribution in [0, 0.1) is 56.7 Å². The number of ether oxygens (including phenoxy) is 3. The van der Waals surface area contributed by atoms with Crippen LogP contribution < -0.4 is 0 Å². The Hall–Kier alpha value is -1.31. The van der Waals surface area contributed by atoms with Crippen LogP contribution in [0.4, 0.5) is 0 Å². The number of carboxylic acid groups (broad SMARTS) is 1. The SMILES string of the molecule is C[C@@H]1C[C@H](CN([C@@H](C)C(=O)O)S(C)(=O)=O)O[C@H]2[C@H]1[C@@]1(C)CC[C@@]34C[C@@]35CC[C@H](O[C@H]3CN(C(=O)CC6CC6)CCO3)C(C)(C)[C@@H]5CC[C@H]4[C@]1(C)[C@H]2O. The van der Waals surface area contributed by atoms with E-state index in [4.69, 9.17) is 14.2 Å². The molecule has 8 fully saturated rings. The van der Waals surface area contributed by atoms with Gasteiger partial charge in [0, 0.05) is 24.9 Å². The highest BCUT2D eigenvalue weighted by Gasteiger charge is 2.84. The van der Waals surface area contributed by atoms with Crippen molar-refractivity contribution in [2.45, 2.75) is 149 Å². The summed E-state index contributed by atoms with van der Waals surface area (Å²) < 4.78 is 46.2. The van der Waals surface area contributed by atoms with Crippen molar-refractivity contribution in [3.63, 3.8) is 0 Å². The first kappa shape index (κ1) is 37.6. The molecule has 6 saturated carbocycles. The van der Waals surface area contributed by atoms with Gasteiger partial charge in [0.05, 0.1) is 43.8 Å². The van der Waals surface area contributed by atoms with Gasteiger partial charge in [-0.3, -0.25) is 9.59 Å². The molecule has 0 bridgehead atoms. The van der Waals surface area contributed by atoms with Crippen LogP contribution >= 0.6 is 0 Å². The maximum atomic E-state index is 12.9. The smallest absolute Gasteiger partial charge is 0.321 e. The van der Waals surface area contributed by atoms with Gasteiger partial charge in [0.2, 0.25) is 15.9 Å².